The zero-order valence-electron chi connectivity index (χ0n) is 21.9. The van der Waals surface area contributed by atoms with Crippen LogP contribution in [0.15, 0.2) is 97.2 Å². The van der Waals surface area contributed by atoms with Crippen LogP contribution in [0.4, 0.5) is 5.69 Å². The number of carbonyl (C=O) groups is 2. The fraction of sp³-hybridized carbons (Fsp3) is 0.250. The lowest BCUT2D eigenvalue weighted by Gasteiger charge is -2.40. The number of benzene rings is 3. The second-order valence-corrected chi connectivity index (χ2v) is 10.4. The molecule has 2 amide bonds. The average Bonchev–Trinajstić information content (AvgIpc) is 3.41. The lowest BCUT2D eigenvalue weighted by atomic mass is 9.94. The van der Waals surface area contributed by atoms with Gasteiger partial charge in [-0.25, -0.2) is 0 Å². The molecule has 2 heterocycles. The Bertz CT molecular complexity index is 1450. The van der Waals surface area contributed by atoms with Gasteiger partial charge in [0, 0.05) is 17.3 Å². The molecule has 0 saturated heterocycles. The van der Waals surface area contributed by atoms with E-state index in [0.717, 1.165) is 28.2 Å². The molecule has 0 radical (unpaired) electrons. The first-order valence-corrected chi connectivity index (χ1v) is 13.5. The maximum Gasteiger partial charge on any atom is 0.247 e. The fourth-order valence-electron chi connectivity index (χ4n) is 5.43. The van der Waals surface area contributed by atoms with Gasteiger partial charge in [0.2, 0.25) is 11.8 Å². The minimum atomic E-state index is -0.383. The van der Waals surface area contributed by atoms with Crippen LogP contribution in [0.5, 0.6) is 0 Å². The van der Waals surface area contributed by atoms with Gasteiger partial charge in [0.05, 0.1) is 23.0 Å². The molecular formula is C32H32ClN3O2. The zero-order valence-corrected chi connectivity index (χ0v) is 22.7. The highest BCUT2D eigenvalue weighted by Crippen LogP contribution is 2.42. The van der Waals surface area contributed by atoms with E-state index in [1.165, 1.54) is 0 Å². The molecule has 38 heavy (non-hydrogen) atoms. The van der Waals surface area contributed by atoms with Gasteiger partial charge in [-0.3, -0.25) is 14.5 Å². The van der Waals surface area contributed by atoms with Crippen molar-refractivity contribution in [2.75, 3.05) is 11.4 Å². The Hall–Kier alpha value is -3.83. The standard InChI is InChI=1S/C32H32ClN3O2/c1-4-26(23-12-6-5-7-13-23)32(38)35(22(2)3)21-30(37)36-28-17-9-8-16-27(28)34-19-11-18-29(34)31(36)24-14-10-15-25(33)20-24/h5-20,22,26,31H,4,21H2,1-3H3. The van der Waals surface area contributed by atoms with E-state index < -0.39 is 0 Å². The second kappa shape index (κ2) is 10.9. The summed E-state index contributed by atoms with van der Waals surface area (Å²) < 4.78 is 2.12. The Balaban J connectivity index is 1.55. The Morgan fingerprint density at radius 2 is 1.61 bits per heavy atom. The molecule has 0 aliphatic carbocycles. The van der Waals surface area contributed by atoms with E-state index in [1.807, 2.05) is 123 Å². The van der Waals surface area contributed by atoms with Crippen molar-refractivity contribution in [3.63, 3.8) is 0 Å². The number of nitrogens with zero attached hydrogens (tertiary/aromatic N) is 3. The molecule has 0 bridgehead atoms. The van der Waals surface area contributed by atoms with Gasteiger partial charge < -0.3 is 9.47 Å². The summed E-state index contributed by atoms with van der Waals surface area (Å²) in [6.45, 7) is 5.92. The third-order valence-corrected chi connectivity index (χ3v) is 7.51. The second-order valence-electron chi connectivity index (χ2n) is 9.94. The number of aromatic nitrogens is 1. The van der Waals surface area contributed by atoms with E-state index >= 15 is 0 Å². The van der Waals surface area contributed by atoms with Gasteiger partial charge in [0.1, 0.15) is 12.6 Å². The van der Waals surface area contributed by atoms with Crippen molar-refractivity contribution in [2.45, 2.75) is 45.2 Å². The zero-order chi connectivity index (χ0) is 26.8. The fourth-order valence-corrected chi connectivity index (χ4v) is 5.63. The predicted octanol–water partition coefficient (Wildman–Crippen LogP) is 7.00. The van der Waals surface area contributed by atoms with Crippen LogP contribution in [-0.4, -0.2) is 33.9 Å². The van der Waals surface area contributed by atoms with Crippen molar-refractivity contribution in [2.24, 2.45) is 0 Å². The van der Waals surface area contributed by atoms with Crippen molar-refractivity contribution in [3.8, 4) is 5.69 Å². The highest BCUT2D eigenvalue weighted by atomic mass is 35.5. The molecular weight excluding hydrogens is 494 g/mol. The van der Waals surface area contributed by atoms with Crippen LogP contribution in [-0.2, 0) is 9.59 Å². The summed E-state index contributed by atoms with van der Waals surface area (Å²) in [7, 11) is 0. The quantitative estimate of drug-likeness (QED) is 0.261. The summed E-state index contributed by atoms with van der Waals surface area (Å²) in [6.07, 6.45) is 2.68. The highest BCUT2D eigenvalue weighted by Gasteiger charge is 2.38. The first kappa shape index (κ1) is 25.8. The van der Waals surface area contributed by atoms with Gasteiger partial charge >= 0.3 is 0 Å². The van der Waals surface area contributed by atoms with Crippen LogP contribution in [0.1, 0.15) is 56.0 Å². The van der Waals surface area contributed by atoms with Gasteiger partial charge in [-0.05, 0) is 67.8 Å². The summed E-state index contributed by atoms with van der Waals surface area (Å²) >= 11 is 6.41. The van der Waals surface area contributed by atoms with Crippen LogP contribution >= 0.6 is 11.6 Å². The summed E-state index contributed by atoms with van der Waals surface area (Å²) in [5.41, 5.74) is 4.58. The van der Waals surface area contributed by atoms with E-state index in [4.69, 9.17) is 11.6 Å². The topological polar surface area (TPSA) is 45.6 Å². The van der Waals surface area contributed by atoms with Crippen molar-refractivity contribution >= 4 is 29.1 Å². The summed E-state index contributed by atoms with van der Waals surface area (Å²) in [4.78, 5) is 31.7. The third kappa shape index (κ3) is 4.74. The molecule has 0 N–H and O–H groups in total. The molecule has 6 heteroatoms. The molecule has 5 rings (SSSR count). The van der Waals surface area contributed by atoms with E-state index in [0.29, 0.717) is 11.4 Å². The van der Waals surface area contributed by atoms with Crippen molar-refractivity contribution in [1.82, 2.24) is 9.47 Å². The van der Waals surface area contributed by atoms with Crippen LogP contribution < -0.4 is 4.90 Å². The van der Waals surface area contributed by atoms with Crippen LogP contribution in [0.25, 0.3) is 5.69 Å². The highest BCUT2D eigenvalue weighted by molar-refractivity contribution is 6.30. The Labute approximate surface area is 229 Å². The normalized spacial score (nSPS) is 15.1. The number of para-hydroxylation sites is 2. The summed E-state index contributed by atoms with van der Waals surface area (Å²) in [6, 6.07) is 28.9. The number of carbonyl (C=O) groups excluding carboxylic acids is 2. The van der Waals surface area contributed by atoms with E-state index in [2.05, 4.69) is 4.57 Å². The Morgan fingerprint density at radius 1 is 0.895 bits per heavy atom. The summed E-state index contributed by atoms with van der Waals surface area (Å²) in [5, 5.41) is 0.611. The molecule has 1 aliphatic heterocycles. The maximum atomic E-state index is 14.3. The monoisotopic (exact) mass is 525 g/mol. The van der Waals surface area contributed by atoms with Gasteiger partial charge in [-0.15, -0.1) is 0 Å². The van der Waals surface area contributed by atoms with E-state index in [1.54, 1.807) is 4.90 Å². The SMILES string of the molecule is CCC(C(=O)N(CC(=O)N1c2ccccc2-n2cccc2C1c1cccc(Cl)c1)C(C)C)c1ccccc1. The van der Waals surface area contributed by atoms with Crippen LogP contribution in [0, 0.1) is 0 Å². The first-order chi connectivity index (χ1) is 18.4. The number of amides is 2. The largest absolute Gasteiger partial charge is 0.330 e. The first-order valence-electron chi connectivity index (χ1n) is 13.1. The van der Waals surface area contributed by atoms with Crippen molar-refractivity contribution in [3.05, 3.63) is 119 Å². The molecule has 0 fully saturated rings. The molecule has 4 aromatic rings. The smallest absolute Gasteiger partial charge is 0.247 e. The van der Waals surface area contributed by atoms with Crippen LogP contribution in [0.2, 0.25) is 5.02 Å². The molecule has 1 aliphatic rings. The third-order valence-electron chi connectivity index (χ3n) is 7.27. The number of fused-ring (bicyclic) bond motifs is 3. The minimum Gasteiger partial charge on any atom is -0.330 e. The molecule has 2 unspecified atom stereocenters. The van der Waals surface area contributed by atoms with Gasteiger partial charge in [0.25, 0.3) is 0 Å². The van der Waals surface area contributed by atoms with E-state index in [-0.39, 0.29) is 36.4 Å². The van der Waals surface area contributed by atoms with Gasteiger partial charge in [-0.2, -0.15) is 0 Å². The molecule has 0 saturated carbocycles. The molecule has 0 spiro atoms. The summed E-state index contributed by atoms with van der Waals surface area (Å²) in [5.74, 6) is -0.476. The number of hydrogen-bond acceptors (Lipinski definition) is 2. The number of halogens is 1. The van der Waals surface area contributed by atoms with Gasteiger partial charge in [-0.1, -0.05) is 73.1 Å². The Kier molecular flexibility index (Phi) is 7.39. The molecule has 2 atom stereocenters. The average molecular weight is 526 g/mol. The molecule has 194 valence electrons. The lowest BCUT2D eigenvalue weighted by molar-refractivity contribution is -0.138. The number of hydrogen-bond donors (Lipinski definition) is 0. The van der Waals surface area contributed by atoms with Crippen molar-refractivity contribution in [1.29, 1.82) is 0 Å². The molecule has 3 aromatic carbocycles. The molecule has 5 nitrogen and oxygen atoms in total. The lowest BCUT2D eigenvalue weighted by Crippen LogP contribution is -2.49. The minimum absolute atomic E-state index is 0.0219. The van der Waals surface area contributed by atoms with Gasteiger partial charge in [0.15, 0.2) is 0 Å². The van der Waals surface area contributed by atoms with E-state index in [9.17, 15) is 9.59 Å². The predicted molar refractivity (Wildman–Crippen MR) is 153 cm³/mol. The van der Waals surface area contributed by atoms with Crippen molar-refractivity contribution < 1.29 is 9.59 Å². The Morgan fingerprint density at radius 3 is 2.29 bits per heavy atom. The molecule has 1 aromatic heterocycles. The number of rotatable bonds is 7. The maximum absolute atomic E-state index is 14.3. The van der Waals surface area contributed by atoms with Crippen LogP contribution in [0.3, 0.4) is 0 Å². The number of anilines is 1.